The smallest absolute Gasteiger partial charge is 0.317 e. The number of nitrogens with two attached hydrogens (primary N) is 1. The molecular weight excluding hydrogens is 272 g/mol. The summed E-state index contributed by atoms with van der Waals surface area (Å²) >= 11 is 4.91. The van der Waals surface area contributed by atoms with Crippen molar-refractivity contribution in [1.82, 2.24) is 15.0 Å². The number of hydrogen-bond acceptors (Lipinski definition) is 5. The molecule has 0 radical (unpaired) electrons. The van der Waals surface area contributed by atoms with E-state index in [0.717, 1.165) is 18.5 Å². The summed E-state index contributed by atoms with van der Waals surface area (Å²) in [5.41, 5.74) is 8.12. The van der Waals surface area contributed by atoms with Crippen molar-refractivity contribution in [3.05, 3.63) is 47.5 Å². The van der Waals surface area contributed by atoms with Gasteiger partial charge in [-0.25, -0.2) is 4.98 Å². The Morgan fingerprint density at radius 1 is 1.30 bits per heavy atom. The maximum atomic E-state index is 5.56. The van der Waals surface area contributed by atoms with Gasteiger partial charge in [0.05, 0.1) is 6.61 Å². The SMILES string of the molecule is Cc1cc(C(N)=S)nc(OCCCc2ccncc2)n1. The van der Waals surface area contributed by atoms with Crippen LogP contribution in [0.4, 0.5) is 0 Å². The third kappa shape index (κ3) is 4.24. The van der Waals surface area contributed by atoms with Crippen molar-refractivity contribution < 1.29 is 4.74 Å². The van der Waals surface area contributed by atoms with Gasteiger partial charge >= 0.3 is 6.01 Å². The fourth-order valence-corrected chi connectivity index (χ4v) is 1.83. The number of thiocarbonyl (C=S) groups is 1. The molecule has 104 valence electrons. The molecule has 2 rings (SSSR count). The first-order chi connectivity index (χ1) is 9.65. The van der Waals surface area contributed by atoms with E-state index in [1.807, 2.05) is 19.1 Å². The van der Waals surface area contributed by atoms with Gasteiger partial charge in [-0.1, -0.05) is 12.2 Å². The number of ether oxygens (including phenoxy) is 1. The normalized spacial score (nSPS) is 10.2. The van der Waals surface area contributed by atoms with Crippen LogP contribution in [0.25, 0.3) is 0 Å². The lowest BCUT2D eigenvalue weighted by Gasteiger charge is -2.07. The zero-order chi connectivity index (χ0) is 14.4. The summed E-state index contributed by atoms with van der Waals surface area (Å²) in [6, 6.07) is 6.05. The lowest BCUT2D eigenvalue weighted by atomic mass is 10.1. The van der Waals surface area contributed by atoms with Gasteiger partial charge in [-0.15, -0.1) is 0 Å². The molecule has 2 aromatic rings. The molecule has 0 atom stereocenters. The molecule has 0 aliphatic carbocycles. The highest BCUT2D eigenvalue weighted by molar-refractivity contribution is 7.80. The van der Waals surface area contributed by atoms with E-state index in [1.165, 1.54) is 5.56 Å². The lowest BCUT2D eigenvalue weighted by Crippen LogP contribution is -2.14. The standard InChI is InChI=1S/C14H16N4OS/c1-10-9-12(13(15)20)18-14(17-10)19-8-2-3-11-4-6-16-7-5-11/h4-7,9H,2-3,8H2,1H3,(H2,15,20). The molecule has 0 fully saturated rings. The second-order valence-corrected chi connectivity index (χ2v) is 4.79. The maximum Gasteiger partial charge on any atom is 0.317 e. The number of nitrogens with zero attached hydrogens (tertiary/aromatic N) is 3. The highest BCUT2D eigenvalue weighted by Gasteiger charge is 2.05. The van der Waals surface area contributed by atoms with Crippen molar-refractivity contribution in [3.8, 4) is 6.01 Å². The van der Waals surface area contributed by atoms with Crippen LogP contribution in [0.3, 0.4) is 0 Å². The van der Waals surface area contributed by atoms with Gasteiger partial charge in [0, 0.05) is 18.1 Å². The second kappa shape index (κ2) is 6.91. The Bertz CT molecular complexity index is 589. The fraction of sp³-hybridized carbons (Fsp3) is 0.286. The zero-order valence-electron chi connectivity index (χ0n) is 11.2. The van der Waals surface area contributed by atoms with Crippen LogP contribution in [0, 0.1) is 6.92 Å². The van der Waals surface area contributed by atoms with Gasteiger partial charge in [-0.3, -0.25) is 4.98 Å². The molecule has 0 aliphatic rings. The minimum absolute atomic E-state index is 0.247. The van der Waals surface area contributed by atoms with Gasteiger partial charge < -0.3 is 10.5 Å². The quantitative estimate of drug-likeness (QED) is 0.645. The largest absolute Gasteiger partial charge is 0.463 e. The number of aromatic nitrogens is 3. The Labute approximate surface area is 123 Å². The maximum absolute atomic E-state index is 5.56. The number of aryl methyl sites for hydroxylation is 2. The van der Waals surface area contributed by atoms with Gasteiger partial charge in [0.15, 0.2) is 0 Å². The molecule has 0 saturated heterocycles. The molecule has 2 aromatic heterocycles. The van der Waals surface area contributed by atoms with Gasteiger partial charge in [-0.2, -0.15) is 4.98 Å². The summed E-state index contributed by atoms with van der Waals surface area (Å²) in [7, 11) is 0. The van der Waals surface area contributed by atoms with Crippen molar-refractivity contribution in [2.75, 3.05) is 6.61 Å². The monoisotopic (exact) mass is 288 g/mol. The highest BCUT2D eigenvalue weighted by Crippen LogP contribution is 2.08. The number of pyridine rings is 1. The van der Waals surface area contributed by atoms with Crippen LogP contribution in [-0.2, 0) is 6.42 Å². The Morgan fingerprint density at radius 2 is 2.05 bits per heavy atom. The number of rotatable bonds is 6. The van der Waals surface area contributed by atoms with E-state index in [4.69, 9.17) is 22.7 Å². The van der Waals surface area contributed by atoms with Gasteiger partial charge in [0.1, 0.15) is 10.7 Å². The molecule has 0 unspecified atom stereocenters. The fourth-order valence-electron chi connectivity index (χ4n) is 1.72. The molecule has 5 nitrogen and oxygen atoms in total. The van der Waals surface area contributed by atoms with Gasteiger partial charge in [0.25, 0.3) is 0 Å². The molecule has 0 amide bonds. The average molecular weight is 288 g/mol. The van der Waals surface area contributed by atoms with Crippen molar-refractivity contribution >= 4 is 17.2 Å². The van der Waals surface area contributed by atoms with Gasteiger partial charge in [-0.05, 0) is 43.5 Å². The van der Waals surface area contributed by atoms with Gasteiger partial charge in [0.2, 0.25) is 0 Å². The average Bonchev–Trinajstić information content (AvgIpc) is 2.44. The topological polar surface area (TPSA) is 73.9 Å². The molecule has 20 heavy (non-hydrogen) atoms. The van der Waals surface area contributed by atoms with Crippen LogP contribution in [0.2, 0.25) is 0 Å². The molecule has 0 bridgehead atoms. The van der Waals surface area contributed by atoms with Crippen LogP contribution < -0.4 is 10.5 Å². The first-order valence-electron chi connectivity index (χ1n) is 6.32. The summed E-state index contributed by atoms with van der Waals surface area (Å²) in [4.78, 5) is 12.6. The molecule has 0 spiro atoms. The number of hydrogen-bond donors (Lipinski definition) is 1. The summed E-state index contributed by atoms with van der Waals surface area (Å²) in [6.07, 6.45) is 5.38. The van der Waals surface area contributed by atoms with Crippen molar-refractivity contribution in [3.63, 3.8) is 0 Å². The van der Waals surface area contributed by atoms with E-state index < -0.39 is 0 Å². The highest BCUT2D eigenvalue weighted by atomic mass is 32.1. The van der Waals surface area contributed by atoms with Crippen molar-refractivity contribution in [2.45, 2.75) is 19.8 Å². The summed E-state index contributed by atoms with van der Waals surface area (Å²) in [5.74, 6) is 0. The van der Waals surface area contributed by atoms with Crippen molar-refractivity contribution in [2.24, 2.45) is 5.73 Å². The van der Waals surface area contributed by atoms with E-state index in [0.29, 0.717) is 18.3 Å². The first-order valence-corrected chi connectivity index (χ1v) is 6.73. The van der Waals surface area contributed by atoms with Crippen molar-refractivity contribution in [1.29, 1.82) is 0 Å². The first kappa shape index (κ1) is 14.3. The van der Waals surface area contributed by atoms with E-state index in [2.05, 4.69) is 15.0 Å². The summed E-state index contributed by atoms with van der Waals surface area (Å²) < 4.78 is 5.55. The Morgan fingerprint density at radius 3 is 2.75 bits per heavy atom. The van der Waals surface area contributed by atoms with E-state index in [-0.39, 0.29) is 4.99 Å². The molecule has 0 aliphatic heterocycles. The van der Waals surface area contributed by atoms with E-state index in [9.17, 15) is 0 Å². The molecule has 0 saturated carbocycles. The molecule has 2 N–H and O–H groups in total. The summed E-state index contributed by atoms with van der Waals surface area (Å²) in [5, 5.41) is 0. The third-order valence-corrected chi connectivity index (χ3v) is 2.89. The van der Waals surface area contributed by atoms with Crippen LogP contribution in [0.1, 0.15) is 23.4 Å². The Hall–Kier alpha value is -2.08. The third-order valence-electron chi connectivity index (χ3n) is 2.68. The van der Waals surface area contributed by atoms with E-state index in [1.54, 1.807) is 18.5 Å². The minimum Gasteiger partial charge on any atom is -0.463 e. The predicted octanol–water partition coefficient (Wildman–Crippen LogP) is 1.83. The van der Waals surface area contributed by atoms with Crippen LogP contribution in [0.5, 0.6) is 6.01 Å². The van der Waals surface area contributed by atoms with E-state index >= 15 is 0 Å². The molecule has 2 heterocycles. The second-order valence-electron chi connectivity index (χ2n) is 4.35. The zero-order valence-corrected chi connectivity index (χ0v) is 12.1. The predicted molar refractivity (Wildman–Crippen MR) is 80.7 cm³/mol. The molecule has 6 heteroatoms. The Balaban J connectivity index is 1.86. The summed E-state index contributed by atoms with van der Waals surface area (Å²) in [6.45, 7) is 2.40. The molecular formula is C14H16N4OS. The molecule has 0 aromatic carbocycles. The lowest BCUT2D eigenvalue weighted by molar-refractivity contribution is 0.286. The minimum atomic E-state index is 0.247. The van der Waals surface area contributed by atoms with Crippen LogP contribution >= 0.6 is 12.2 Å². The van der Waals surface area contributed by atoms with Crippen LogP contribution in [0.15, 0.2) is 30.6 Å². The van der Waals surface area contributed by atoms with Crippen LogP contribution in [-0.4, -0.2) is 26.5 Å². The Kier molecular flexibility index (Phi) is 4.95.